The van der Waals surface area contributed by atoms with Crippen molar-refractivity contribution < 1.29 is 14.3 Å². The molecule has 4 rings (SSSR count). The SMILES string of the molecule is COc1ccc(NC(=O)c2c(NC(=O)c3ccc(C)cc3)sc3c2CCC(C(C)(C)C)C3)cc1. The highest BCUT2D eigenvalue weighted by molar-refractivity contribution is 7.17. The van der Waals surface area contributed by atoms with Crippen molar-refractivity contribution in [2.45, 2.75) is 47.0 Å². The summed E-state index contributed by atoms with van der Waals surface area (Å²) in [5, 5.41) is 6.67. The van der Waals surface area contributed by atoms with Gasteiger partial charge in [0.2, 0.25) is 0 Å². The third kappa shape index (κ3) is 5.17. The molecule has 2 amide bonds. The van der Waals surface area contributed by atoms with E-state index in [1.807, 2.05) is 55.5 Å². The van der Waals surface area contributed by atoms with Gasteiger partial charge < -0.3 is 15.4 Å². The van der Waals surface area contributed by atoms with E-state index in [9.17, 15) is 9.59 Å². The second-order valence-electron chi connectivity index (χ2n) is 10.0. The first kappa shape index (κ1) is 24.0. The minimum Gasteiger partial charge on any atom is -0.497 e. The van der Waals surface area contributed by atoms with E-state index < -0.39 is 0 Å². The lowest BCUT2D eigenvalue weighted by Crippen LogP contribution is -2.27. The molecular weight excluding hydrogens is 444 g/mol. The third-order valence-electron chi connectivity index (χ3n) is 6.61. The van der Waals surface area contributed by atoms with E-state index in [-0.39, 0.29) is 17.2 Å². The minimum atomic E-state index is -0.204. The largest absolute Gasteiger partial charge is 0.497 e. The summed E-state index contributed by atoms with van der Waals surface area (Å²) in [7, 11) is 1.61. The minimum absolute atomic E-state index is 0.193. The van der Waals surface area contributed by atoms with Crippen molar-refractivity contribution in [1.82, 2.24) is 0 Å². The summed E-state index contributed by atoms with van der Waals surface area (Å²) < 4.78 is 5.21. The van der Waals surface area contributed by atoms with E-state index in [0.29, 0.717) is 27.7 Å². The molecule has 0 fully saturated rings. The van der Waals surface area contributed by atoms with Gasteiger partial charge in [-0.15, -0.1) is 11.3 Å². The lowest BCUT2D eigenvalue weighted by Gasteiger charge is -2.33. The molecule has 1 unspecified atom stereocenters. The van der Waals surface area contributed by atoms with E-state index in [0.717, 1.165) is 36.1 Å². The fourth-order valence-electron chi connectivity index (χ4n) is 4.40. The van der Waals surface area contributed by atoms with Crippen molar-refractivity contribution in [3.8, 4) is 5.75 Å². The molecule has 0 radical (unpaired) electrons. The zero-order chi connectivity index (χ0) is 24.5. The average Bonchev–Trinajstić information content (AvgIpc) is 3.16. The molecule has 2 aromatic carbocycles. The number of benzene rings is 2. The summed E-state index contributed by atoms with van der Waals surface area (Å²) >= 11 is 1.54. The number of amides is 2. The first-order valence-electron chi connectivity index (χ1n) is 11.6. The van der Waals surface area contributed by atoms with E-state index >= 15 is 0 Å². The van der Waals surface area contributed by atoms with E-state index in [2.05, 4.69) is 31.4 Å². The molecule has 0 bridgehead atoms. The Labute approximate surface area is 205 Å². The number of anilines is 2. The molecule has 1 aliphatic rings. The average molecular weight is 477 g/mol. The van der Waals surface area contributed by atoms with Gasteiger partial charge in [0.25, 0.3) is 11.8 Å². The highest BCUT2D eigenvalue weighted by Crippen LogP contribution is 2.44. The number of carbonyl (C=O) groups is 2. The Bertz CT molecular complexity index is 1190. The number of ether oxygens (including phenoxy) is 1. The summed E-state index contributed by atoms with van der Waals surface area (Å²) in [4.78, 5) is 27.7. The Morgan fingerprint density at radius 1 is 0.971 bits per heavy atom. The lowest BCUT2D eigenvalue weighted by atomic mass is 9.72. The van der Waals surface area contributed by atoms with Crippen molar-refractivity contribution in [3.05, 3.63) is 75.7 Å². The number of nitrogens with one attached hydrogen (secondary N) is 2. The van der Waals surface area contributed by atoms with E-state index in [4.69, 9.17) is 4.74 Å². The molecule has 1 aromatic heterocycles. The van der Waals surface area contributed by atoms with Gasteiger partial charge in [-0.2, -0.15) is 0 Å². The van der Waals surface area contributed by atoms with Crippen LogP contribution < -0.4 is 15.4 Å². The smallest absolute Gasteiger partial charge is 0.258 e. The number of aryl methyl sites for hydroxylation is 1. The van der Waals surface area contributed by atoms with Crippen LogP contribution in [0.15, 0.2) is 48.5 Å². The van der Waals surface area contributed by atoms with Crippen LogP contribution in [0.25, 0.3) is 0 Å². The van der Waals surface area contributed by atoms with E-state index in [1.54, 1.807) is 18.4 Å². The summed E-state index contributed by atoms with van der Waals surface area (Å²) in [6.07, 6.45) is 2.79. The molecule has 5 nitrogen and oxygen atoms in total. The maximum atomic E-state index is 13.5. The Kier molecular flexibility index (Phi) is 6.80. The van der Waals surface area contributed by atoms with Gasteiger partial charge in [-0.3, -0.25) is 9.59 Å². The first-order valence-corrected chi connectivity index (χ1v) is 12.5. The van der Waals surface area contributed by atoms with Crippen LogP contribution in [0.5, 0.6) is 5.75 Å². The molecule has 178 valence electrons. The predicted octanol–water partition coefficient (Wildman–Crippen LogP) is 6.72. The van der Waals surface area contributed by atoms with Crippen molar-refractivity contribution >= 4 is 33.8 Å². The van der Waals surface area contributed by atoms with Gasteiger partial charge in [0, 0.05) is 16.1 Å². The zero-order valence-electron chi connectivity index (χ0n) is 20.5. The van der Waals surface area contributed by atoms with Crippen LogP contribution in [0.2, 0.25) is 0 Å². The fraction of sp³-hybridized carbons (Fsp3) is 0.357. The second-order valence-corrected chi connectivity index (χ2v) is 11.1. The molecule has 0 spiro atoms. The Balaban J connectivity index is 1.66. The Morgan fingerprint density at radius 2 is 1.65 bits per heavy atom. The molecule has 1 atom stereocenters. The van der Waals surface area contributed by atoms with Crippen LogP contribution in [0.1, 0.15) is 63.9 Å². The molecule has 3 aromatic rings. The number of hydrogen-bond acceptors (Lipinski definition) is 4. The van der Waals surface area contributed by atoms with Crippen LogP contribution >= 0.6 is 11.3 Å². The summed E-state index contributed by atoms with van der Waals surface area (Å²) in [6, 6.07) is 14.7. The van der Waals surface area contributed by atoms with E-state index in [1.165, 1.54) is 4.88 Å². The lowest BCUT2D eigenvalue weighted by molar-refractivity contribution is 0.102. The first-order chi connectivity index (χ1) is 16.2. The quantitative estimate of drug-likeness (QED) is 0.429. The predicted molar refractivity (Wildman–Crippen MR) is 139 cm³/mol. The molecule has 2 N–H and O–H groups in total. The number of hydrogen-bond donors (Lipinski definition) is 2. The molecule has 0 saturated carbocycles. The molecule has 6 heteroatoms. The van der Waals surface area contributed by atoms with Gasteiger partial charge in [-0.25, -0.2) is 0 Å². The standard InChI is InChI=1S/C28H32N2O3S/c1-17-6-8-18(9-7-17)25(31)30-27-24(26(32)29-20-11-13-21(33-5)14-12-20)22-15-10-19(28(2,3)4)16-23(22)34-27/h6-9,11-14,19H,10,15-16H2,1-5H3,(H,29,32)(H,30,31). The molecular formula is C28H32N2O3S. The topological polar surface area (TPSA) is 67.4 Å². The molecule has 1 heterocycles. The molecule has 1 aliphatic carbocycles. The van der Waals surface area contributed by atoms with Gasteiger partial charge in [0.15, 0.2) is 0 Å². The summed E-state index contributed by atoms with van der Waals surface area (Å²) in [5.74, 6) is 0.863. The van der Waals surface area contributed by atoms with Crippen molar-refractivity contribution in [2.75, 3.05) is 17.7 Å². The van der Waals surface area contributed by atoms with Gasteiger partial charge in [0.05, 0.1) is 12.7 Å². The highest BCUT2D eigenvalue weighted by Gasteiger charge is 2.34. The van der Waals surface area contributed by atoms with Crippen LogP contribution in [0, 0.1) is 18.3 Å². The molecule has 34 heavy (non-hydrogen) atoms. The normalized spacial score (nSPS) is 15.4. The Hall–Kier alpha value is -3.12. The van der Waals surface area contributed by atoms with Crippen LogP contribution in [0.4, 0.5) is 10.7 Å². The number of methoxy groups -OCH3 is 1. The third-order valence-corrected chi connectivity index (χ3v) is 7.78. The van der Waals surface area contributed by atoms with Crippen molar-refractivity contribution in [2.24, 2.45) is 11.3 Å². The van der Waals surface area contributed by atoms with Gasteiger partial charge in [-0.1, -0.05) is 38.5 Å². The van der Waals surface area contributed by atoms with Gasteiger partial charge >= 0.3 is 0 Å². The number of fused-ring (bicyclic) bond motifs is 1. The maximum absolute atomic E-state index is 13.5. The van der Waals surface area contributed by atoms with Crippen LogP contribution in [-0.2, 0) is 12.8 Å². The summed E-state index contributed by atoms with van der Waals surface area (Å²) in [6.45, 7) is 8.80. The highest BCUT2D eigenvalue weighted by atomic mass is 32.1. The van der Waals surface area contributed by atoms with Gasteiger partial charge in [-0.05, 0) is 79.5 Å². The van der Waals surface area contributed by atoms with Crippen LogP contribution in [-0.4, -0.2) is 18.9 Å². The maximum Gasteiger partial charge on any atom is 0.258 e. The van der Waals surface area contributed by atoms with Crippen LogP contribution in [0.3, 0.4) is 0 Å². The van der Waals surface area contributed by atoms with Crippen molar-refractivity contribution in [1.29, 1.82) is 0 Å². The molecule has 0 aliphatic heterocycles. The molecule has 0 saturated heterocycles. The van der Waals surface area contributed by atoms with Gasteiger partial charge in [0.1, 0.15) is 10.8 Å². The second kappa shape index (κ2) is 9.63. The number of rotatable bonds is 5. The van der Waals surface area contributed by atoms with Crippen molar-refractivity contribution in [3.63, 3.8) is 0 Å². The monoisotopic (exact) mass is 476 g/mol. The fourth-order valence-corrected chi connectivity index (χ4v) is 5.72. The Morgan fingerprint density at radius 3 is 2.26 bits per heavy atom. The zero-order valence-corrected chi connectivity index (χ0v) is 21.3. The summed E-state index contributed by atoms with van der Waals surface area (Å²) in [5.41, 5.74) is 4.20. The number of carbonyl (C=O) groups excluding carboxylic acids is 2. The number of thiophene rings is 1.